The van der Waals surface area contributed by atoms with Crippen molar-refractivity contribution in [3.63, 3.8) is 0 Å². The molecule has 1 atom stereocenters. The molecular weight excluding hydrogens is 208 g/mol. The Morgan fingerprint density at radius 2 is 1.82 bits per heavy atom. The van der Waals surface area contributed by atoms with Gasteiger partial charge in [0.15, 0.2) is 0 Å². The molecule has 1 N–H and O–H groups in total. The van der Waals surface area contributed by atoms with E-state index in [-0.39, 0.29) is 0 Å². The van der Waals surface area contributed by atoms with Gasteiger partial charge in [-0.15, -0.1) is 12.3 Å². The van der Waals surface area contributed by atoms with Crippen molar-refractivity contribution in [1.29, 1.82) is 0 Å². The fourth-order valence-electron chi connectivity index (χ4n) is 3.54. The number of hydrogen-bond donors (Lipinski definition) is 1. The standard InChI is InChI=1S/C15H28N2/c1-5-11-14(16-6-2)15(12-9-10-13-15)17(7-3)8-4/h1,14,16H,6-13H2,2-4H3. The highest BCUT2D eigenvalue weighted by Gasteiger charge is 2.44. The first-order valence-electron chi connectivity index (χ1n) is 7.17. The van der Waals surface area contributed by atoms with Gasteiger partial charge < -0.3 is 5.32 Å². The first-order valence-corrected chi connectivity index (χ1v) is 7.17. The van der Waals surface area contributed by atoms with Gasteiger partial charge in [0.05, 0.1) is 0 Å². The van der Waals surface area contributed by atoms with Crippen LogP contribution in [0.25, 0.3) is 0 Å². The van der Waals surface area contributed by atoms with Gasteiger partial charge in [0.2, 0.25) is 0 Å². The molecule has 0 aromatic heterocycles. The van der Waals surface area contributed by atoms with Crippen LogP contribution in [0.2, 0.25) is 0 Å². The van der Waals surface area contributed by atoms with E-state index in [0.29, 0.717) is 11.6 Å². The van der Waals surface area contributed by atoms with Crippen LogP contribution in [-0.2, 0) is 0 Å². The van der Waals surface area contributed by atoms with E-state index >= 15 is 0 Å². The molecular formula is C15H28N2. The predicted molar refractivity (Wildman–Crippen MR) is 75.0 cm³/mol. The third-order valence-electron chi connectivity index (χ3n) is 4.28. The van der Waals surface area contributed by atoms with Crippen molar-refractivity contribution in [2.24, 2.45) is 0 Å². The summed E-state index contributed by atoms with van der Waals surface area (Å²) in [6.07, 6.45) is 11.7. The first kappa shape index (κ1) is 14.5. The highest BCUT2D eigenvalue weighted by atomic mass is 15.2. The second kappa shape index (κ2) is 7.03. The number of nitrogens with one attached hydrogen (secondary N) is 1. The lowest BCUT2D eigenvalue weighted by Gasteiger charge is -2.46. The third-order valence-corrected chi connectivity index (χ3v) is 4.28. The minimum absolute atomic E-state index is 0.311. The molecule has 0 aromatic carbocycles. The third kappa shape index (κ3) is 3.03. The van der Waals surface area contributed by atoms with Gasteiger partial charge in [-0.2, -0.15) is 0 Å². The maximum absolute atomic E-state index is 5.56. The van der Waals surface area contributed by atoms with Crippen molar-refractivity contribution >= 4 is 0 Å². The first-order chi connectivity index (χ1) is 8.25. The summed E-state index contributed by atoms with van der Waals surface area (Å²) in [7, 11) is 0. The maximum Gasteiger partial charge on any atom is 0.0371 e. The summed E-state index contributed by atoms with van der Waals surface area (Å²) in [6, 6.07) is 0.458. The van der Waals surface area contributed by atoms with Gasteiger partial charge in [-0.05, 0) is 32.5 Å². The minimum Gasteiger partial charge on any atom is -0.312 e. The van der Waals surface area contributed by atoms with Crippen LogP contribution in [-0.4, -0.2) is 36.1 Å². The predicted octanol–water partition coefficient (Wildman–Crippen LogP) is 2.64. The second-order valence-electron chi connectivity index (χ2n) is 5.00. The summed E-state index contributed by atoms with van der Waals surface area (Å²) in [5.74, 6) is 2.87. The normalized spacial score (nSPS) is 20.4. The molecule has 0 saturated heterocycles. The molecule has 0 aliphatic heterocycles. The number of rotatable bonds is 7. The molecule has 1 saturated carbocycles. The Kier molecular flexibility index (Phi) is 6.02. The molecule has 98 valence electrons. The van der Waals surface area contributed by atoms with E-state index in [9.17, 15) is 0 Å². The van der Waals surface area contributed by atoms with Crippen molar-refractivity contribution in [1.82, 2.24) is 10.2 Å². The fraction of sp³-hybridized carbons (Fsp3) is 0.867. The molecule has 2 heteroatoms. The van der Waals surface area contributed by atoms with Crippen molar-refractivity contribution in [3.8, 4) is 12.3 Å². The van der Waals surface area contributed by atoms with Crippen molar-refractivity contribution < 1.29 is 0 Å². The number of terminal acetylenes is 1. The van der Waals surface area contributed by atoms with E-state index in [2.05, 4.69) is 36.9 Å². The maximum atomic E-state index is 5.56. The Balaban J connectivity index is 2.91. The summed E-state index contributed by atoms with van der Waals surface area (Å²) >= 11 is 0. The van der Waals surface area contributed by atoms with Gasteiger partial charge in [-0.1, -0.05) is 33.6 Å². The molecule has 1 aliphatic carbocycles. The zero-order chi connectivity index (χ0) is 12.7. The summed E-state index contributed by atoms with van der Waals surface area (Å²) in [5, 5.41) is 3.63. The van der Waals surface area contributed by atoms with Gasteiger partial charge >= 0.3 is 0 Å². The van der Waals surface area contributed by atoms with E-state index in [0.717, 1.165) is 26.1 Å². The van der Waals surface area contributed by atoms with E-state index in [4.69, 9.17) is 6.42 Å². The monoisotopic (exact) mass is 236 g/mol. The minimum atomic E-state index is 0.311. The Bertz CT molecular complexity index is 244. The largest absolute Gasteiger partial charge is 0.312 e. The van der Waals surface area contributed by atoms with Crippen molar-refractivity contribution in [2.75, 3.05) is 19.6 Å². The second-order valence-corrected chi connectivity index (χ2v) is 5.00. The van der Waals surface area contributed by atoms with Crippen LogP contribution in [0.4, 0.5) is 0 Å². The smallest absolute Gasteiger partial charge is 0.0371 e. The summed E-state index contributed by atoms with van der Waals surface area (Å²) < 4.78 is 0. The average Bonchev–Trinajstić information content (AvgIpc) is 2.81. The Morgan fingerprint density at radius 1 is 1.24 bits per heavy atom. The van der Waals surface area contributed by atoms with Crippen LogP contribution in [0.5, 0.6) is 0 Å². The lowest BCUT2D eigenvalue weighted by Crippen LogP contribution is -2.59. The summed E-state index contributed by atoms with van der Waals surface area (Å²) in [6.45, 7) is 9.97. The van der Waals surface area contributed by atoms with E-state index in [1.165, 1.54) is 25.7 Å². The average molecular weight is 236 g/mol. The number of hydrogen-bond acceptors (Lipinski definition) is 2. The van der Waals surface area contributed by atoms with Crippen LogP contribution in [0.15, 0.2) is 0 Å². The van der Waals surface area contributed by atoms with Crippen LogP contribution < -0.4 is 5.32 Å². The molecule has 17 heavy (non-hydrogen) atoms. The zero-order valence-electron chi connectivity index (χ0n) is 11.8. The van der Waals surface area contributed by atoms with Gasteiger partial charge in [0, 0.05) is 18.0 Å². The SMILES string of the molecule is C#CCC(NCC)C1(N(CC)CC)CCCC1. The lowest BCUT2D eigenvalue weighted by molar-refractivity contribution is 0.0653. The zero-order valence-corrected chi connectivity index (χ0v) is 11.8. The summed E-state index contributed by atoms with van der Waals surface area (Å²) in [5.41, 5.74) is 0.311. The number of nitrogens with zero attached hydrogens (tertiary/aromatic N) is 1. The van der Waals surface area contributed by atoms with Crippen molar-refractivity contribution in [3.05, 3.63) is 0 Å². The highest BCUT2D eigenvalue weighted by molar-refractivity contribution is 5.07. The molecule has 0 bridgehead atoms. The van der Waals surface area contributed by atoms with Gasteiger partial charge in [-0.3, -0.25) is 4.90 Å². The Hall–Kier alpha value is -0.520. The Labute approximate surface area is 107 Å². The van der Waals surface area contributed by atoms with Crippen molar-refractivity contribution in [2.45, 2.75) is 64.5 Å². The molecule has 0 radical (unpaired) electrons. The van der Waals surface area contributed by atoms with Gasteiger partial charge in [0.25, 0.3) is 0 Å². The molecule has 2 nitrogen and oxygen atoms in total. The molecule has 1 fully saturated rings. The van der Waals surface area contributed by atoms with Crippen LogP contribution >= 0.6 is 0 Å². The van der Waals surface area contributed by atoms with Crippen LogP contribution in [0.3, 0.4) is 0 Å². The quantitative estimate of drug-likeness (QED) is 0.684. The van der Waals surface area contributed by atoms with E-state index in [1.807, 2.05) is 0 Å². The molecule has 1 unspecified atom stereocenters. The highest BCUT2D eigenvalue weighted by Crippen LogP contribution is 2.39. The fourth-order valence-corrected chi connectivity index (χ4v) is 3.54. The van der Waals surface area contributed by atoms with E-state index in [1.54, 1.807) is 0 Å². The van der Waals surface area contributed by atoms with Gasteiger partial charge in [0.1, 0.15) is 0 Å². The topological polar surface area (TPSA) is 15.3 Å². The lowest BCUT2D eigenvalue weighted by atomic mass is 9.84. The molecule has 1 rings (SSSR count). The molecule has 0 amide bonds. The molecule has 0 aromatic rings. The molecule has 1 aliphatic rings. The summed E-state index contributed by atoms with van der Waals surface area (Å²) in [4.78, 5) is 2.63. The number of likely N-dealkylation sites (N-methyl/N-ethyl adjacent to an activating group) is 2. The molecule has 0 heterocycles. The van der Waals surface area contributed by atoms with Crippen LogP contribution in [0.1, 0.15) is 52.9 Å². The molecule has 0 spiro atoms. The van der Waals surface area contributed by atoms with Crippen LogP contribution in [0, 0.1) is 12.3 Å². The van der Waals surface area contributed by atoms with E-state index < -0.39 is 0 Å². The Morgan fingerprint density at radius 3 is 2.24 bits per heavy atom. The van der Waals surface area contributed by atoms with Gasteiger partial charge in [-0.25, -0.2) is 0 Å².